The van der Waals surface area contributed by atoms with Crippen molar-refractivity contribution in [3.05, 3.63) is 24.3 Å². The highest BCUT2D eigenvalue weighted by Crippen LogP contribution is 2.40. The molecule has 5 nitrogen and oxygen atoms in total. The van der Waals surface area contributed by atoms with Gasteiger partial charge in [-0.15, -0.1) is 0 Å². The van der Waals surface area contributed by atoms with E-state index in [2.05, 4.69) is 11.8 Å². The molecule has 2 saturated heterocycles. The Hall–Kier alpha value is -2.04. The quantitative estimate of drug-likeness (QED) is 0.819. The molecule has 1 aromatic carbocycles. The maximum atomic E-state index is 13.4. The van der Waals surface area contributed by atoms with Gasteiger partial charge in [0.1, 0.15) is 5.75 Å². The molecular formula is C22H30N2O3. The van der Waals surface area contributed by atoms with E-state index in [4.69, 9.17) is 4.74 Å². The first-order chi connectivity index (χ1) is 13.1. The van der Waals surface area contributed by atoms with Gasteiger partial charge in [0.15, 0.2) is 0 Å². The maximum Gasteiger partial charge on any atom is 0.228 e. The zero-order valence-electron chi connectivity index (χ0n) is 16.4. The van der Waals surface area contributed by atoms with Crippen LogP contribution in [0.2, 0.25) is 0 Å². The van der Waals surface area contributed by atoms with Crippen molar-refractivity contribution in [2.24, 2.45) is 17.8 Å². The van der Waals surface area contributed by atoms with Crippen LogP contribution in [-0.2, 0) is 9.59 Å². The fraction of sp³-hybridized carbons (Fsp3) is 0.636. The van der Waals surface area contributed by atoms with E-state index >= 15 is 0 Å². The molecule has 0 unspecified atom stereocenters. The van der Waals surface area contributed by atoms with E-state index in [1.165, 1.54) is 25.7 Å². The lowest BCUT2D eigenvalue weighted by Crippen LogP contribution is -2.54. The first kappa shape index (κ1) is 18.3. The summed E-state index contributed by atoms with van der Waals surface area (Å²) in [5.74, 6) is 2.02. The van der Waals surface area contributed by atoms with Crippen LogP contribution in [0.3, 0.4) is 0 Å². The van der Waals surface area contributed by atoms with Gasteiger partial charge in [-0.05, 0) is 61.8 Å². The second-order valence-electron chi connectivity index (χ2n) is 8.44. The number of amides is 2. The number of hydrogen-bond acceptors (Lipinski definition) is 3. The smallest absolute Gasteiger partial charge is 0.228 e. The summed E-state index contributed by atoms with van der Waals surface area (Å²) in [5, 5.41) is 0. The molecule has 2 aliphatic heterocycles. The summed E-state index contributed by atoms with van der Waals surface area (Å²) in [6.07, 6.45) is 6.43. The Bertz CT molecular complexity index is 700. The molecule has 2 amide bonds. The Kier molecular flexibility index (Phi) is 5.11. The number of carbonyl (C=O) groups excluding carboxylic acids is 2. The van der Waals surface area contributed by atoms with Gasteiger partial charge in [0.25, 0.3) is 0 Å². The predicted octanol–water partition coefficient (Wildman–Crippen LogP) is 3.48. The van der Waals surface area contributed by atoms with E-state index in [-0.39, 0.29) is 17.7 Å². The van der Waals surface area contributed by atoms with E-state index in [0.29, 0.717) is 30.8 Å². The molecule has 0 N–H and O–H groups in total. The number of carbonyl (C=O) groups is 2. The summed E-state index contributed by atoms with van der Waals surface area (Å²) < 4.78 is 5.19. The molecular weight excluding hydrogens is 340 g/mol. The number of hydrogen-bond donors (Lipinski definition) is 0. The summed E-state index contributed by atoms with van der Waals surface area (Å²) in [4.78, 5) is 29.9. The van der Waals surface area contributed by atoms with Gasteiger partial charge in [0.05, 0.1) is 13.0 Å². The topological polar surface area (TPSA) is 49.9 Å². The third-order valence-electron chi connectivity index (χ3n) is 6.78. The molecule has 4 rings (SSSR count). The number of fused-ring (bicyclic) bond motifs is 1. The molecule has 5 heteroatoms. The number of likely N-dealkylation sites (tertiary alicyclic amines) is 1. The van der Waals surface area contributed by atoms with Crippen molar-refractivity contribution in [1.82, 2.24) is 4.90 Å². The Balaban J connectivity index is 1.48. The average molecular weight is 370 g/mol. The molecule has 3 fully saturated rings. The van der Waals surface area contributed by atoms with Crippen molar-refractivity contribution in [3.8, 4) is 5.75 Å². The number of piperidine rings is 1. The average Bonchev–Trinajstić information content (AvgIpc) is 3.09. The monoisotopic (exact) mass is 370 g/mol. The first-order valence-corrected chi connectivity index (χ1v) is 10.3. The lowest BCUT2D eigenvalue weighted by Gasteiger charge is -2.48. The van der Waals surface area contributed by atoms with Crippen LogP contribution in [0.4, 0.5) is 5.69 Å². The van der Waals surface area contributed by atoms with Crippen LogP contribution in [0.15, 0.2) is 24.3 Å². The predicted molar refractivity (Wildman–Crippen MR) is 105 cm³/mol. The molecule has 1 aromatic rings. The van der Waals surface area contributed by atoms with Crippen molar-refractivity contribution in [2.75, 3.05) is 25.1 Å². The third kappa shape index (κ3) is 3.44. The SMILES string of the molecule is COc1ccc(N2C[C@H](C(=O)N3CCC[C@@H]4CCC[C@H](C)[C@H]43)CC2=O)cc1. The summed E-state index contributed by atoms with van der Waals surface area (Å²) in [5.41, 5.74) is 0.846. The van der Waals surface area contributed by atoms with Crippen molar-refractivity contribution >= 4 is 17.5 Å². The largest absolute Gasteiger partial charge is 0.497 e. The molecule has 146 valence electrons. The molecule has 0 aromatic heterocycles. The van der Waals surface area contributed by atoms with Crippen LogP contribution in [0.1, 0.15) is 45.4 Å². The van der Waals surface area contributed by atoms with E-state index in [0.717, 1.165) is 24.4 Å². The van der Waals surface area contributed by atoms with Gasteiger partial charge >= 0.3 is 0 Å². The second-order valence-corrected chi connectivity index (χ2v) is 8.44. The molecule has 1 saturated carbocycles. The molecule has 3 aliphatic rings. The van der Waals surface area contributed by atoms with E-state index < -0.39 is 0 Å². The summed E-state index contributed by atoms with van der Waals surface area (Å²) in [7, 11) is 1.63. The minimum atomic E-state index is -0.215. The highest BCUT2D eigenvalue weighted by Gasteiger charge is 2.44. The van der Waals surface area contributed by atoms with E-state index in [9.17, 15) is 9.59 Å². The van der Waals surface area contributed by atoms with Crippen LogP contribution in [0.5, 0.6) is 5.75 Å². The first-order valence-electron chi connectivity index (χ1n) is 10.3. The maximum absolute atomic E-state index is 13.4. The van der Waals surface area contributed by atoms with Crippen LogP contribution >= 0.6 is 0 Å². The van der Waals surface area contributed by atoms with Crippen LogP contribution in [0.25, 0.3) is 0 Å². The normalized spacial score (nSPS) is 31.0. The van der Waals surface area contributed by atoms with Gasteiger partial charge < -0.3 is 14.5 Å². The Morgan fingerprint density at radius 1 is 1.11 bits per heavy atom. The van der Waals surface area contributed by atoms with Crippen LogP contribution in [0, 0.1) is 17.8 Å². The molecule has 27 heavy (non-hydrogen) atoms. The summed E-state index contributed by atoms with van der Waals surface area (Å²) in [6, 6.07) is 7.88. The van der Waals surface area contributed by atoms with Crippen molar-refractivity contribution in [2.45, 2.75) is 51.5 Å². The minimum absolute atomic E-state index is 0.0452. The van der Waals surface area contributed by atoms with Gasteiger partial charge in [-0.25, -0.2) is 0 Å². The molecule has 0 radical (unpaired) electrons. The number of methoxy groups -OCH3 is 1. The van der Waals surface area contributed by atoms with Gasteiger partial charge in [-0.1, -0.05) is 13.3 Å². The fourth-order valence-corrected chi connectivity index (χ4v) is 5.43. The van der Waals surface area contributed by atoms with Gasteiger partial charge in [0, 0.05) is 31.2 Å². The van der Waals surface area contributed by atoms with Crippen molar-refractivity contribution in [1.29, 1.82) is 0 Å². The molecule has 0 spiro atoms. The number of anilines is 1. The second kappa shape index (κ2) is 7.53. The fourth-order valence-electron chi connectivity index (χ4n) is 5.43. The molecule has 2 heterocycles. The zero-order chi connectivity index (χ0) is 19.0. The lowest BCUT2D eigenvalue weighted by molar-refractivity contribution is -0.143. The standard InChI is InChI=1S/C22H30N2O3/c1-15-5-3-6-16-7-4-12-23(21(15)16)22(26)17-13-20(25)24(14-17)18-8-10-19(27-2)11-9-18/h8-11,15-17,21H,3-7,12-14H2,1-2H3/t15-,16-,17+,21+/m0/s1. The van der Waals surface area contributed by atoms with Gasteiger partial charge in [-0.3, -0.25) is 9.59 Å². The van der Waals surface area contributed by atoms with Crippen molar-refractivity contribution < 1.29 is 14.3 Å². The summed E-state index contributed by atoms with van der Waals surface area (Å²) in [6.45, 7) is 3.65. The Morgan fingerprint density at radius 2 is 1.85 bits per heavy atom. The summed E-state index contributed by atoms with van der Waals surface area (Å²) >= 11 is 0. The zero-order valence-corrected chi connectivity index (χ0v) is 16.4. The number of rotatable bonds is 3. The molecule has 4 atom stereocenters. The minimum Gasteiger partial charge on any atom is -0.497 e. The number of ether oxygens (including phenoxy) is 1. The van der Waals surface area contributed by atoms with Crippen molar-refractivity contribution in [3.63, 3.8) is 0 Å². The number of nitrogens with zero attached hydrogens (tertiary/aromatic N) is 2. The van der Waals surface area contributed by atoms with E-state index in [1.54, 1.807) is 12.0 Å². The highest BCUT2D eigenvalue weighted by atomic mass is 16.5. The Labute approximate surface area is 161 Å². The molecule has 1 aliphatic carbocycles. The lowest BCUT2D eigenvalue weighted by atomic mass is 9.72. The van der Waals surface area contributed by atoms with Crippen LogP contribution < -0.4 is 9.64 Å². The Morgan fingerprint density at radius 3 is 2.59 bits per heavy atom. The van der Waals surface area contributed by atoms with Gasteiger partial charge in [0.2, 0.25) is 11.8 Å². The third-order valence-corrected chi connectivity index (χ3v) is 6.78. The molecule has 0 bridgehead atoms. The van der Waals surface area contributed by atoms with Gasteiger partial charge in [-0.2, -0.15) is 0 Å². The number of benzene rings is 1. The highest BCUT2D eigenvalue weighted by molar-refractivity contribution is 6.00. The van der Waals surface area contributed by atoms with Crippen LogP contribution in [-0.4, -0.2) is 43.0 Å². The van der Waals surface area contributed by atoms with E-state index in [1.807, 2.05) is 24.3 Å².